The van der Waals surface area contributed by atoms with Crippen LogP contribution in [0.2, 0.25) is 0 Å². The van der Waals surface area contributed by atoms with Gasteiger partial charge in [0.15, 0.2) is 5.78 Å². The van der Waals surface area contributed by atoms with Gasteiger partial charge < -0.3 is 9.84 Å². The lowest BCUT2D eigenvalue weighted by Crippen LogP contribution is -2.32. The largest absolute Gasteiger partial charge is 0.507 e. The van der Waals surface area contributed by atoms with Crippen molar-refractivity contribution in [2.75, 3.05) is 0 Å². The second kappa shape index (κ2) is 14.3. The van der Waals surface area contributed by atoms with Crippen LogP contribution in [-0.2, 0) is 20.7 Å². The molecule has 4 atom stereocenters. The molecule has 1 saturated carbocycles. The summed E-state index contributed by atoms with van der Waals surface area (Å²) in [5.74, 6) is -2.62. The van der Waals surface area contributed by atoms with E-state index in [9.17, 15) is 14.7 Å². The molecule has 0 radical (unpaired) electrons. The lowest BCUT2D eigenvalue weighted by molar-refractivity contribution is -0.161. The summed E-state index contributed by atoms with van der Waals surface area (Å²) in [6.07, 6.45) is 10.2. The van der Waals surface area contributed by atoms with Crippen LogP contribution < -0.4 is 0 Å². The van der Waals surface area contributed by atoms with E-state index >= 15 is 8.78 Å². The summed E-state index contributed by atoms with van der Waals surface area (Å²) >= 11 is 0. The second-order valence-corrected chi connectivity index (χ2v) is 14.9. The maximum Gasteiger partial charge on any atom is 0.309 e. The van der Waals surface area contributed by atoms with Crippen LogP contribution in [0.1, 0.15) is 115 Å². The van der Waals surface area contributed by atoms with Crippen LogP contribution in [0.3, 0.4) is 0 Å². The first kappa shape index (κ1) is 35.4. The molecule has 3 unspecified atom stereocenters. The molecule has 1 aromatic carbocycles. The maximum atomic E-state index is 16.5. The Labute approximate surface area is 283 Å². The Morgan fingerprint density at radius 3 is 2.54 bits per heavy atom. The number of aromatic nitrogens is 1. The number of allylic oxidation sites excluding steroid dienone is 8. The molecule has 1 aromatic heterocycles. The number of carbonyl (C=O) groups is 2. The quantitative estimate of drug-likeness (QED) is 0.313. The molecule has 1 heterocycles. The summed E-state index contributed by atoms with van der Waals surface area (Å²) in [5.41, 5.74) is 4.83. The van der Waals surface area contributed by atoms with E-state index < -0.39 is 23.2 Å². The number of ether oxygens (including phenoxy) is 1. The van der Waals surface area contributed by atoms with E-state index in [0.29, 0.717) is 30.4 Å². The van der Waals surface area contributed by atoms with E-state index in [0.717, 1.165) is 53.7 Å². The fourth-order valence-electron chi connectivity index (χ4n) is 8.01. The average molecular weight is 658 g/mol. The Morgan fingerprint density at radius 2 is 1.85 bits per heavy atom. The minimum atomic E-state index is -0.717. The van der Waals surface area contributed by atoms with Crippen LogP contribution in [0.25, 0.3) is 5.57 Å². The zero-order chi connectivity index (χ0) is 34.9. The van der Waals surface area contributed by atoms with Crippen LogP contribution in [0.5, 0.6) is 5.75 Å². The number of aromatic hydroxyl groups is 1. The van der Waals surface area contributed by atoms with Gasteiger partial charge in [0.25, 0.3) is 0 Å². The van der Waals surface area contributed by atoms with Gasteiger partial charge in [-0.05, 0) is 143 Å². The number of rotatable bonds is 6. The van der Waals surface area contributed by atoms with Gasteiger partial charge >= 0.3 is 5.97 Å². The highest BCUT2D eigenvalue weighted by atomic mass is 19.1. The third-order valence-electron chi connectivity index (χ3n) is 10.0. The third-order valence-corrected chi connectivity index (χ3v) is 10.0. The smallest absolute Gasteiger partial charge is 0.309 e. The maximum absolute atomic E-state index is 16.5. The normalized spacial score (nSPS) is 23.9. The highest BCUT2D eigenvalue weighted by molar-refractivity contribution is 6.06. The predicted molar refractivity (Wildman–Crippen MR) is 185 cm³/mol. The number of benzene rings is 1. The molecule has 5 nitrogen and oxygen atoms in total. The highest BCUT2D eigenvalue weighted by Crippen LogP contribution is 2.50. The number of hydrogen-bond acceptors (Lipinski definition) is 5. The number of Topliss-reactive ketones (excluding diaryl/α,β-unsaturated/α-hetero) is 1. The van der Waals surface area contributed by atoms with Gasteiger partial charge in [0.2, 0.25) is 0 Å². The molecule has 256 valence electrons. The van der Waals surface area contributed by atoms with Crippen molar-refractivity contribution in [2.24, 2.45) is 17.8 Å². The van der Waals surface area contributed by atoms with Crippen LogP contribution in [0.4, 0.5) is 8.78 Å². The Balaban J connectivity index is 1.62. The average Bonchev–Trinajstić information content (AvgIpc) is 3.14. The molecule has 0 spiro atoms. The number of phenolic OH excluding ortho intramolecular Hbond substituents is 1. The summed E-state index contributed by atoms with van der Waals surface area (Å²) in [5, 5.41) is 10.6. The molecule has 3 aliphatic rings. The van der Waals surface area contributed by atoms with Crippen LogP contribution >= 0.6 is 0 Å². The van der Waals surface area contributed by atoms with Crippen molar-refractivity contribution in [3.8, 4) is 5.75 Å². The Kier molecular flexibility index (Phi) is 10.6. The molecule has 1 N–H and O–H groups in total. The fourth-order valence-corrected chi connectivity index (χ4v) is 8.01. The molecular weight excluding hydrogens is 608 g/mol. The Bertz CT molecular complexity index is 1700. The van der Waals surface area contributed by atoms with Crippen molar-refractivity contribution < 1.29 is 28.2 Å². The molecule has 0 aliphatic heterocycles. The SMILES string of the molecule is CCCc1nccc(C)c1C1C(=O)C(C)=C(C2CCCC(C(=O)OC(C)(C)C)C[C@H](C)C2)C2=C1CC=C(c1c(O)cccc1F)C(F)=C2. The summed E-state index contributed by atoms with van der Waals surface area (Å²) < 4.78 is 37.4. The first-order valence-electron chi connectivity index (χ1n) is 17.4. The molecule has 1 fully saturated rings. The number of nitrogens with zero attached hydrogens (tertiary/aromatic N) is 1. The van der Waals surface area contributed by atoms with Gasteiger partial charge in [-0.1, -0.05) is 38.8 Å². The van der Waals surface area contributed by atoms with Gasteiger partial charge in [-0.15, -0.1) is 0 Å². The molecule has 5 rings (SSSR count). The first-order valence-corrected chi connectivity index (χ1v) is 17.4. The van der Waals surface area contributed by atoms with Crippen LogP contribution in [0.15, 0.2) is 70.7 Å². The molecular formula is C41H49F2NO4. The van der Waals surface area contributed by atoms with E-state index in [2.05, 4.69) is 13.8 Å². The third kappa shape index (κ3) is 7.25. The van der Waals surface area contributed by atoms with E-state index in [4.69, 9.17) is 9.72 Å². The molecule has 3 aliphatic carbocycles. The van der Waals surface area contributed by atoms with Gasteiger partial charge in [0, 0.05) is 17.5 Å². The molecule has 0 saturated heterocycles. The van der Waals surface area contributed by atoms with E-state index in [-0.39, 0.29) is 52.8 Å². The second-order valence-electron chi connectivity index (χ2n) is 14.9. The van der Waals surface area contributed by atoms with E-state index in [1.807, 2.05) is 40.7 Å². The molecule has 48 heavy (non-hydrogen) atoms. The topological polar surface area (TPSA) is 76.5 Å². The zero-order valence-corrected chi connectivity index (χ0v) is 29.4. The minimum absolute atomic E-state index is 0.0158. The zero-order valence-electron chi connectivity index (χ0n) is 29.4. The number of carbonyl (C=O) groups excluding carboxylic acids is 2. The van der Waals surface area contributed by atoms with Crippen molar-refractivity contribution in [3.63, 3.8) is 0 Å². The number of aryl methyl sites for hydroxylation is 2. The molecule has 0 amide bonds. The lowest BCUT2D eigenvalue weighted by atomic mass is 9.67. The van der Waals surface area contributed by atoms with Gasteiger partial charge in [0.05, 0.1) is 17.4 Å². The summed E-state index contributed by atoms with van der Waals surface area (Å²) in [4.78, 5) is 32.4. The Morgan fingerprint density at radius 1 is 1.10 bits per heavy atom. The standard InChI is InChI=1S/C41H49F2NO4/c1-8-11-33-35(24(3)18-19-44-33)38-28-16-17-29(37-31(42)14-10-15-34(37)45)32(43)22-30(28)36(25(4)39(38)46)26-12-9-13-27(21-23(2)20-26)40(47)48-41(5,6)7/h10,14-15,17-19,22-23,26-27,38,45H,8-9,11-13,16,20-21H2,1-7H3/t23-,26?,27?,38?/m1/s1. The van der Waals surface area contributed by atoms with Gasteiger partial charge in [-0.3, -0.25) is 14.6 Å². The Hall–Kier alpha value is -3.87. The van der Waals surface area contributed by atoms with Crippen LogP contribution in [0, 0.1) is 30.5 Å². The highest BCUT2D eigenvalue weighted by Gasteiger charge is 2.41. The monoisotopic (exact) mass is 657 g/mol. The van der Waals surface area contributed by atoms with Crippen molar-refractivity contribution in [1.29, 1.82) is 0 Å². The van der Waals surface area contributed by atoms with Crippen molar-refractivity contribution in [3.05, 3.63) is 98.9 Å². The molecule has 2 aromatic rings. The number of esters is 1. The number of pyridine rings is 1. The number of halogens is 2. The minimum Gasteiger partial charge on any atom is -0.507 e. The summed E-state index contributed by atoms with van der Waals surface area (Å²) in [7, 11) is 0. The van der Waals surface area contributed by atoms with Crippen molar-refractivity contribution in [1.82, 2.24) is 4.98 Å². The first-order chi connectivity index (χ1) is 22.7. The summed E-state index contributed by atoms with van der Waals surface area (Å²) in [6.45, 7) is 13.7. The lowest BCUT2D eigenvalue weighted by Gasteiger charge is -2.36. The molecule has 0 bridgehead atoms. The number of ketones is 1. The predicted octanol–water partition coefficient (Wildman–Crippen LogP) is 9.98. The van der Waals surface area contributed by atoms with E-state index in [1.54, 1.807) is 12.3 Å². The summed E-state index contributed by atoms with van der Waals surface area (Å²) in [6, 6.07) is 5.86. The van der Waals surface area contributed by atoms with E-state index in [1.165, 1.54) is 24.3 Å². The van der Waals surface area contributed by atoms with Gasteiger partial charge in [0.1, 0.15) is 23.0 Å². The van der Waals surface area contributed by atoms with Crippen LogP contribution in [-0.4, -0.2) is 27.4 Å². The molecule has 7 heteroatoms. The van der Waals surface area contributed by atoms with Gasteiger partial charge in [-0.2, -0.15) is 0 Å². The van der Waals surface area contributed by atoms with Crippen molar-refractivity contribution in [2.45, 2.75) is 111 Å². The van der Waals surface area contributed by atoms with Crippen molar-refractivity contribution >= 4 is 17.3 Å². The van der Waals surface area contributed by atoms with Gasteiger partial charge in [-0.25, -0.2) is 8.78 Å². The number of phenols is 1. The number of hydrogen-bond donors (Lipinski definition) is 1. The fraction of sp³-hybridized carbons (Fsp3) is 0.488.